The SMILES string of the molecule is C[C@H](NS(=O)(=O)c1c(Cl)cc(Cl)cc1Cl)C(=O)O. The molecule has 9 heteroatoms. The van der Waals surface area contributed by atoms with Gasteiger partial charge in [0.1, 0.15) is 10.9 Å². The molecule has 18 heavy (non-hydrogen) atoms. The number of hydrogen-bond donors (Lipinski definition) is 2. The van der Waals surface area contributed by atoms with Crippen LogP contribution >= 0.6 is 34.8 Å². The van der Waals surface area contributed by atoms with Crippen LogP contribution in [0.2, 0.25) is 15.1 Å². The lowest BCUT2D eigenvalue weighted by Gasteiger charge is -2.12. The van der Waals surface area contributed by atoms with Crippen LogP contribution in [0.25, 0.3) is 0 Å². The maximum Gasteiger partial charge on any atom is 0.321 e. The molecule has 2 N–H and O–H groups in total. The highest BCUT2D eigenvalue weighted by Crippen LogP contribution is 2.32. The van der Waals surface area contributed by atoms with Gasteiger partial charge in [0.15, 0.2) is 0 Å². The molecule has 1 aromatic carbocycles. The zero-order chi connectivity index (χ0) is 14.1. The van der Waals surface area contributed by atoms with E-state index in [0.29, 0.717) is 0 Å². The van der Waals surface area contributed by atoms with Crippen molar-refractivity contribution in [2.75, 3.05) is 0 Å². The van der Waals surface area contributed by atoms with E-state index >= 15 is 0 Å². The van der Waals surface area contributed by atoms with Crippen molar-refractivity contribution in [3.05, 3.63) is 27.2 Å². The Balaban J connectivity index is 3.25. The number of hydrogen-bond acceptors (Lipinski definition) is 3. The number of carboxylic acid groups (broad SMARTS) is 1. The second kappa shape index (κ2) is 5.63. The molecular formula is C9H8Cl3NO4S. The lowest BCUT2D eigenvalue weighted by molar-refractivity contribution is -0.138. The second-order valence-corrected chi connectivity index (χ2v) is 6.28. The number of benzene rings is 1. The highest BCUT2D eigenvalue weighted by Gasteiger charge is 2.26. The van der Waals surface area contributed by atoms with E-state index in [1.165, 1.54) is 19.1 Å². The molecule has 0 saturated heterocycles. The third-order valence-corrected chi connectivity index (χ3v) is 4.61. The van der Waals surface area contributed by atoms with Crippen molar-refractivity contribution in [3.8, 4) is 0 Å². The minimum Gasteiger partial charge on any atom is -0.480 e. The fourth-order valence-electron chi connectivity index (χ4n) is 1.13. The van der Waals surface area contributed by atoms with Crippen molar-refractivity contribution in [3.63, 3.8) is 0 Å². The van der Waals surface area contributed by atoms with Gasteiger partial charge in [0.2, 0.25) is 10.0 Å². The Kier molecular flexibility index (Phi) is 4.85. The van der Waals surface area contributed by atoms with Crippen molar-refractivity contribution in [2.45, 2.75) is 17.9 Å². The largest absolute Gasteiger partial charge is 0.480 e. The maximum atomic E-state index is 11.9. The number of rotatable bonds is 4. The van der Waals surface area contributed by atoms with E-state index in [1.54, 1.807) is 0 Å². The Labute approximate surface area is 119 Å². The fraction of sp³-hybridized carbons (Fsp3) is 0.222. The van der Waals surface area contributed by atoms with Crippen LogP contribution in [-0.2, 0) is 14.8 Å². The van der Waals surface area contributed by atoms with Gasteiger partial charge in [0.25, 0.3) is 0 Å². The minimum atomic E-state index is -4.14. The molecule has 0 aromatic heterocycles. The van der Waals surface area contributed by atoms with Gasteiger partial charge in [-0.25, -0.2) is 8.42 Å². The molecule has 0 aliphatic rings. The first-order chi connectivity index (χ1) is 8.15. The summed E-state index contributed by atoms with van der Waals surface area (Å²) in [4.78, 5) is 10.2. The van der Waals surface area contributed by atoms with Crippen molar-refractivity contribution < 1.29 is 18.3 Å². The van der Waals surface area contributed by atoms with Gasteiger partial charge in [-0.05, 0) is 19.1 Å². The summed E-state index contributed by atoms with van der Waals surface area (Å²) >= 11 is 17.1. The number of carboxylic acids is 1. The first-order valence-electron chi connectivity index (χ1n) is 4.55. The highest BCUT2D eigenvalue weighted by atomic mass is 35.5. The Morgan fingerprint density at radius 3 is 2.11 bits per heavy atom. The average molecular weight is 333 g/mol. The summed E-state index contributed by atoms with van der Waals surface area (Å²) in [7, 11) is -4.14. The topological polar surface area (TPSA) is 83.5 Å². The summed E-state index contributed by atoms with van der Waals surface area (Å²) in [5.41, 5.74) is 0. The molecule has 0 radical (unpaired) electrons. The van der Waals surface area contributed by atoms with E-state index in [0.717, 1.165) is 0 Å². The molecular weight excluding hydrogens is 325 g/mol. The van der Waals surface area contributed by atoms with Gasteiger partial charge in [0.05, 0.1) is 10.0 Å². The number of nitrogens with one attached hydrogen (secondary N) is 1. The number of aliphatic carboxylic acids is 1. The molecule has 0 unspecified atom stereocenters. The summed E-state index contributed by atoms with van der Waals surface area (Å²) < 4.78 is 25.8. The van der Waals surface area contributed by atoms with Crippen LogP contribution in [0.4, 0.5) is 0 Å². The van der Waals surface area contributed by atoms with Gasteiger partial charge in [-0.3, -0.25) is 4.79 Å². The van der Waals surface area contributed by atoms with Crippen LogP contribution in [-0.4, -0.2) is 25.5 Å². The quantitative estimate of drug-likeness (QED) is 0.887. The van der Waals surface area contributed by atoms with Gasteiger partial charge < -0.3 is 5.11 Å². The van der Waals surface area contributed by atoms with E-state index in [9.17, 15) is 13.2 Å². The first kappa shape index (κ1) is 15.5. The standard InChI is InChI=1S/C9H8Cl3NO4S/c1-4(9(14)15)13-18(16,17)8-6(11)2-5(10)3-7(8)12/h2-4,13H,1H3,(H,14,15)/t4-/m0/s1. The number of sulfonamides is 1. The predicted octanol–water partition coefficient (Wildman–Crippen LogP) is 2.40. The molecule has 0 fully saturated rings. The molecule has 0 amide bonds. The Hall–Kier alpha value is -0.530. The highest BCUT2D eigenvalue weighted by molar-refractivity contribution is 7.89. The molecule has 100 valence electrons. The van der Waals surface area contributed by atoms with Crippen LogP contribution in [0.3, 0.4) is 0 Å². The average Bonchev–Trinajstić information content (AvgIpc) is 2.13. The van der Waals surface area contributed by atoms with E-state index in [4.69, 9.17) is 39.9 Å². The Morgan fingerprint density at radius 1 is 1.28 bits per heavy atom. The van der Waals surface area contributed by atoms with Gasteiger partial charge in [0, 0.05) is 5.02 Å². The van der Waals surface area contributed by atoms with Crippen LogP contribution in [0.1, 0.15) is 6.92 Å². The van der Waals surface area contributed by atoms with Crippen LogP contribution in [0.15, 0.2) is 17.0 Å². The third-order valence-electron chi connectivity index (χ3n) is 1.93. The van der Waals surface area contributed by atoms with Gasteiger partial charge in [-0.1, -0.05) is 34.8 Å². The lowest BCUT2D eigenvalue weighted by atomic mass is 10.4. The van der Waals surface area contributed by atoms with Crippen LogP contribution in [0.5, 0.6) is 0 Å². The molecule has 1 atom stereocenters. The monoisotopic (exact) mass is 331 g/mol. The number of carbonyl (C=O) groups is 1. The van der Waals surface area contributed by atoms with Crippen molar-refractivity contribution in [1.82, 2.24) is 4.72 Å². The molecule has 1 aromatic rings. The predicted molar refractivity (Wildman–Crippen MR) is 68.9 cm³/mol. The summed E-state index contributed by atoms with van der Waals surface area (Å²) in [5, 5.41) is 8.47. The summed E-state index contributed by atoms with van der Waals surface area (Å²) in [6.07, 6.45) is 0. The minimum absolute atomic E-state index is 0.176. The maximum absolute atomic E-state index is 11.9. The molecule has 1 rings (SSSR count). The molecule has 0 aliphatic heterocycles. The van der Waals surface area contributed by atoms with E-state index < -0.39 is 26.9 Å². The van der Waals surface area contributed by atoms with E-state index in [2.05, 4.69) is 0 Å². The Bertz CT molecular complexity index is 564. The molecule has 0 heterocycles. The summed E-state index contributed by atoms with van der Waals surface area (Å²) in [5.74, 6) is -1.32. The van der Waals surface area contributed by atoms with Crippen LogP contribution in [0, 0.1) is 0 Å². The Morgan fingerprint density at radius 2 is 1.72 bits per heavy atom. The van der Waals surface area contributed by atoms with Crippen molar-refractivity contribution in [2.24, 2.45) is 0 Å². The smallest absolute Gasteiger partial charge is 0.321 e. The van der Waals surface area contributed by atoms with Crippen LogP contribution < -0.4 is 4.72 Å². The first-order valence-corrected chi connectivity index (χ1v) is 7.16. The molecule has 5 nitrogen and oxygen atoms in total. The zero-order valence-corrected chi connectivity index (χ0v) is 12.0. The number of halogens is 3. The lowest BCUT2D eigenvalue weighted by Crippen LogP contribution is -2.38. The van der Waals surface area contributed by atoms with E-state index in [1.807, 2.05) is 4.72 Å². The molecule has 0 saturated carbocycles. The third kappa shape index (κ3) is 3.49. The summed E-state index contributed by atoms with van der Waals surface area (Å²) in [6, 6.07) is 1.10. The van der Waals surface area contributed by atoms with Crippen molar-refractivity contribution in [1.29, 1.82) is 0 Å². The molecule has 0 bridgehead atoms. The van der Waals surface area contributed by atoms with Gasteiger partial charge in [-0.15, -0.1) is 0 Å². The molecule has 0 spiro atoms. The normalized spacial score (nSPS) is 13.3. The summed E-state index contributed by atoms with van der Waals surface area (Å²) in [6.45, 7) is 1.18. The second-order valence-electron chi connectivity index (χ2n) is 3.38. The zero-order valence-electron chi connectivity index (χ0n) is 8.95. The van der Waals surface area contributed by atoms with Gasteiger partial charge in [-0.2, -0.15) is 4.72 Å². The van der Waals surface area contributed by atoms with E-state index in [-0.39, 0.29) is 15.1 Å². The van der Waals surface area contributed by atoms with Crippen molar-refractivity contribution >= 4 is 50.8 Å². The van der Waals surface area contributed by atoms with Gasteiger partial charge >= 0.3 is 5.97 Å². The molecule has 0 aliphatic carbocycles. The fourth-order valence-corrected chi connectivity index (χ4v) is 3.87.